The van der Waals surface area contributed by atoms with Crippen LogP contribution in [0.3, 0.4) is 0 Å². The number of hydrogen-bond acceptors (Lipinski definition) is 8. The number of aryl methyl sites for hydroxylation is 1. The molecule has 0 aliphatic rings. The average molecular weight is 534 g/mol. The molecule has 0 atom stereocenters. The zero-order valence-corrected chi connectivity index (χ0v) is 21.2. The van der Waals surface area contributed by atoms with Crippen molar-refractivity contribution >= 4 is 44.6 Å². The molecule has 2 heterocycles. The number of nitrogens with zero attached hydrogens (tertiary/aromatic N) is 3. The molecular weight excluding hydrogens is 510 g/mol. The van der Waals surface area contributed by atoms with Crippen LogP contribution in [-0.2, 0) is 16.4 Å². The predicted molar refractivity (Wildman–Crippen MR) is 139 cm³/mol. The summed E-state index contributed by atoms with van der Waals surface area (Å²) < 4.78 is 35.8. The number of aliphatic hydroxyl groups is 1. The molecule has 0 fully saturated rings. The Morgan fingerprint density at radius 2 is 1.94 bits per heavy atom. The zero-order chi connectivity index (χ0) is 24.8. The summed E-state index contributed by atoms with van der Waals surface area (Å²) in [5.41, 5.74) is 2.11. The Balaban J connectivity index is 1.71. The summed E-state index contributed by atoms with van der Waals surface area (Å²) in [6.45, 7) is 0.322. The first-order valence-corrected chi connectivity index (χ1v) is 13.6. The van der Waals surface area contributed by atoms with Gasteiger partial charge in [-0.25, -0.2) is 8.42 Å². The SMILES string of the molecule is COc1ccc(NCCO)cc1-n1c(NS(=O)(=O)CCc2ccc(Cl)cc2)nnc1-c1cccs1. The number of thiophene rings is 1. The van der Waals surface area contributed by atoms with Gasteiger partial charge in [0.05, 0.1) is 30.0 Å². The van der Waals surface area contributed by atoms with Gasteiger partial charge in [0.2, 0.25) is 16.0 Å². The van der Waals surface area contributed by atoms with Crippen molar-refractivity contribution in [2.45, 2.75) is 6.42 Å². The van der Waals surface area contributed by atoms with Gasteiger partial charge in [-0.15, -0.1) is 21.5 Å². The molecule has 0 aliphatic carbocycles. The molecule has 184 valence electrons. The molecule has 3 N–H and O–H groups in total. The lowest BCUT2D eigenvalue weighted by atomic mass is 10.2. The molecule has 4 aromatic rings. The highest BCUT2D eigenvalue weighted by Gasteiger charge is 2.23. The van der Waals surface area contributed by atoms with Crippen LogP contribution in [0.15, 0.2) is 60.0 Å². The summed E-state index contributed by atoms with van der Waals surface area (Å²) in [6, 6.07) is 16.2. The number of halogens is 1. The van der Waals surface area contributed by atoms with Crippen LogP contribution in [0.5, 0.6) is 5.75 Å². The fraction of sp³-hybridized carbons (Fsp3) is 0.217. The molecule has 0 radical (unpaired) electrons. The molecule has 2 aromatic heterocycles. The number of ether oxygens (including phenoxy) is 1. The van der Waals surface area contributed by atoms with E-state index in [2.05, 4.69) is 20.2 Å². The van der Waals surface area contributed by atoms with Gasteiger partial charge in [-0.05, 0) is 53.8 Å². The molecule has 0 unspecified atom stereocenters. The fourth-order valence-corrected chi connectivity index (χ4v) is 5.25. The van der Waals surface area contributed by atoms with Crippen LogP contribution >= 0.6 is 22.9 Å². The van der Waals surface area contributed by atoms with Crippen LogP contribution in [-0.4, -0.2) is 54.3 Å². The maximum atomic E-state index is 13.0. The van der Waals surface area contributed by atoms with Crippen molar-refractivity contribution in [1.29, 1.82) is 0 Å². The summed E-state index contributed by atoms with van der Waals surface area (Å²) in [7, 11) is -2.23. The summed E-state index contributed by atoms with van der Waals surface area (Å²) in [6.07, 6.45) is 0.308. The summed E-state index contributed by atoms with van der Waals surface area (Å²) in [5.74, 6) is 0.860. The lowest BCUT2D eigenvalue weighted by Gasteiger charge is -2.16. The Morgan fingerprint density at radius 3 is 2.63 bits per heavy atom. The van der Waals surface area contributed by atoms with E-state index in [1.165, 1.54) is 18.4 Å². The van der Waals surface area contributed by atoms with Crippen LogP contribution in [0.25, 0.3) is 16.4 Å². The lowest BCUT2D eigenvalue weighted by Crippen LogP contribution is -2.21. The minimum absolute atomic E-state index is 0.0346. The van der Waals surface area contributed by atoms with Crippen molar-refractivity contribution in [2.24, 2.45) is 0 Å². The van der Waals surface area contributed by atoms with E-state index in [-0.39, 0.29) is 18.3 Å². The number of benzene rings is 2. The average Bonchev–Trinajstić information content (AvgIpc) is 3.52. The van der Waals surface area contributed by atoms with Gasteiger partial charge in [0.15, 0.2) is 5.82 Å². The van der Waals surface area contributed by atoms with Crippen molar-refractivity contribution in [3.63, 3.8) is 0 Å². The molecule has 0 saturated carbocycles. The maximum absolute atomic E-state index is 13.0. The van der Waals surface area contributed by atoms with E-state index in [4.69, 9.17) is 16.3 Å². The summed E-state index contributed by atoms with van der Waals surface area (Å²) in [5, 5.41) is 23.2. The second kappa shape index (κ2) is 11.1. The predicted octanol–water partition coefficient (Wildman–Crippen LogP) is 4.05. The molecule has 0 aliphatic heterocycles. The van der Waals surface area contributed by atoms with Crippen molar-refractivity contribution in [3.05, 3.63) is 70.6 Å². The second-order valence-electron chi connectivity index (χ2n) is 7.49. The van der Waals surface area contributed by atoms with Gasteiger partial charge in [-0.2, -0.15) is 0 Å². The molecule has 0 amide bonds. The van der Waals surface area contributed by atoms with Gasteiger partial charge in [0.1, 0.15) is 5.75 Å². The van der Waals surface area contributed by atoms with Crippen LogP contribution in [0, 0.1) is 0 Å². The smallest absolute Gasteiger partial charge is 0.243 e. The van der Waals surface area contributed by atoms with E-state index in [1.54, 1.807) is 41.0 Å². The molecule has 9 nitrogen and oxygen atoms in total. The number of aliphatic hydroxyl groups excluding tert-OH is 1. The molecule has 35 heavy (non-hydrogen) atoms. The topological polar surface area (TPSA) is 118 Å². The van der Waals surface area contributed by atoms with Crippen LogP contribution in [0.1, 0.15) is 5.56 Å². The highest BCUT2D eigenvalue weighted by molar-refractivity contribution is 7.92. The van der Waals surface area contributed by atoms with Crippen LogP contribution in [0.2, 0.25) is 5.02 Å². The van der Waals surface area contributed by atoms with E-state index in [0.29, 0.717) is 35.2 Å². The molecule has 4 rings (SSSR count). The zero-order valence-electron chi connectivity index (χ0n) is 18.8. The fourth-order valence-electron chi connectivity index (χ4n) is 3.41. The number of hydrogen-bond donors (Lipinski definition) is 3. The van der Waals surface area contributed by atoms with Gasteiger partial charge in [-0.1, -0.05) is 29.8 Å². The number of nitrogens with one attached hydrogen (secondary N) is 2. The Morgan fingerprint density at radius 1 is 1.14 bits per heavy atom. The van der Waals surface area contributed by atoms with E-state index >= 15 is 0 Å². The molecule has 12 heteroatoms. The van der Waals surface area contributed by atoms with E-state index < -0.39 is 10.0 Å². The maximum Gasteiger partial charge on any atom is 0.243 e. The number of methoxy groups -OCH3 is 1. The Kier molecular flexibility index (Phi) is 7.91. The normalized spacial score (nSPS) is 11.4. The number of anilines is 2. The third-order valence-electron chi connectivity index (χ3n) is 5.08. The van der Waals surface area contributed by atoms with Gasteiger partial charge < -0.3 is 15.2 Å². The number of aromatic nitrogens is 3. The van der Waals surface area contributed by atoms with Crippen molar-refractivity contribution in [2.75, 3.05) is 36.1 Å². The van der Waals surface area contributed by atoms with Gasteiger partial charge in [-0.3, -0.25) is 9.29 Å². The molecule has 0 spiro atoms. The highest BCUT2D eigenvalue weighted by atomic mass is 35.5. The Bertz CT molecular complexity index is 1370. The molecule has 0 bridgehead atoms. The first-order chi connectivity index (χ1) is 16.9. The minimum atomic E-state index is -3.77. The van der Waals surface area contributed by atoms with Gasteiger partial charge in [0, 0.05) is 17.3 Å². The quantitative estimate of drug-likeness (QED) is 0.266. The lowest BCUT2D eigenvalue weighted by molar-refractivity contribution is 0.311. The first kappa shape index (κ1) is 25.0. The summed E-state index contributed by atoms with van der Waals surface area (Å²) >= 11 is 7.37. The number of sulfonamides is 1. The third-order valence-corrected chi connectivity index (χ3v) is 7.44. The van der Waals surface area contributed by atoms with E-state index in [1.807, 2.05) is 23.6 Å². The molecule has 2 aromatic carbocycles. The molecular formula is C23H24ClN5O4S2. The van der Waals surface area contributed by atoms with Gasteiger partial charge >= 0.3 is 0 Å². The first-order valence-electron chi connectivity index (χ1n) is 10.7. The van der Waals surface area contributed by atoms with Crippen molar-refractivity contribution in [1.82, 2.24) is 14.8 Å². The standard InChI is InChI=1S/C23H24ClN5O4S2/c1-33-20-9-8-18(25-11-12-30)15-19(20)29-22(21-3-2-13-34-21)26-27-23(29)28-35(31,32)14-10-16-4-6-17(24)7-5-16/h2-9,13,15,25,30H,10-12,14H2,1H3,(H,27,28). The third kappa shape index (κ3) is 6.12. The second-order valence-corrected chi connectivity index (χ2v) is 10.7. The molecule has 0 saturated heterocycles. The van der Waals surface area contributed by atoms with E-state index in [9.17, 15) is 13.5 Å². The largest absolute Gasteiger partial charge is 0.495 e. The highest BCUT2D eigenvalue weighted by Crippen LogP contribution is 2.34. The van der Waals surface area contributed by atoms with Crippen molar-refractivity contribution < 1.29 is 18.3 Å². The monoisotopic (exact) mass is 533 g/mol. The van der Waals surface area contributed by atoms with Gasteiger partial charge in [0.25, 0.3) is 0 Å². The van der Waals surface area contributed by atoms with Crippen LogP contribution < -0.4 is 14.8 Å². The van der Waals surface area contributed by atoms with Crippen molar-refractivity contribution in [3.8, 4) is 22.1 Å². The Hall–Kier alpha value is -3.12. The van der Waals surface area contributed by atoms with Crippen LogP contribution in [0.4, 0.5) is 11.6 Å². The number of rotatable bonds is 11. The Labute approximate surface area is 212 Å². The minimum Gasteiger partial charge on any atom is -0.495 e. The summed E-state index contributed by atoms with van der Waals surface area (Å²) in [4.78, 5) is 0.805. The van der Waals surface area contributed by atoms with E-state index in [0.717, 1.165) is 16.1 Å².